The average Bonchev–Trinajstić information content (AvgIpc) is 2.56. The van der Waals surface area contributed by atoms with Gasteiger partial charge in [-0.2, -0.15) is 0 Å². The molecule has 1 fully saturated rings. The van der Waals surface area contributed by atoms with Crippen LogP contribution in [-0.4, -0.2) is 53.5 Å². The number of hydrogen-bond donors (Lipinski definition) is 1. The Hall–Kier alpha value is -1.30. The van der Waals surface area contributed by atoms with Crippen molar-refractivity contribution in [3.05, 3.63) is 0 Å². The van der Waals surface area contributed by atoms with E-state index < -0.39 is 23.8 Å². The van der Waals surface area contributed by atoms with Crippen LogP contribution in [0.5, 0.6) is 0 Å². The Morgan fingerprint density at radius 3 is 2.50 bits per heavy atom. The van der Waals surface area contributed by atoms with E-state index in [1.54, 1.807) is 20.8 Å². The third-order valence-corrected chi connectivity index (χ3v) is 2.65. The molecule has 0 aromatic heterocycles. The third kappa shape index (κ3) is 4.18. The fraction of sp³-hybridized carbons (Fsp3) is 0.833. The number of aliphatic hydroxyl groups excluding tert-OH is 1. The molecule has 1 amide bonds. The van der Waals surface area contributed by atoms with Crippen molar-refractivity contribution in [2.24, 2.45) is 0 Å². The number of aliphatic hydroxyl groups is 1. The number of carbonyl (C=O) groups is 2. The number of ether oxygens (including phenoxy) is 2. The standard InChI is InChI=1S/C12H21NO5/c1-12(2,3)18-11(16)13-7-9(14)5-8(13)6-10(15)17-4/h8-9,14H,5-7H2,1-4H3/t8-,9+/m0/s1. The number of methoxy groups -OCH3 is 1. The summed E-state index contributed by atoms with van der Waals surface area (Å²) in [6.45, 7) is 5.50. The second-order valence-corrected chi connectivity index (χ2v) is 5.46. The molecule has 2 atom stereocenters. The van der Waals surface area contributed by atoms with Crippen LogP contribution in [-0.2, 0) is 14.3 Å². The highest BCUT2D eigenvalue weighted by Crippen LogP contribution is 2.23. The van der Waals surface area contributed by atoms with Crippen molar-refractivity contribution in [2.75, 3.05) is 13.7 Å². The monoisotopic (exact) mass is 259 g/mol. The van der Waals surface area contributed by atoms with Gasteiger partial charge >= 0.3 is 12.1 Å². The minimum absolute atomic E-state index is 0.0762. The Morgan fingerprint density at radius 2 is 2.00 bits per heavy atom. The largest absolute Gasteiger partial charge is 0.469 e. The number of amides is 1. The van der Waals surface area contributed by atoms with Crippen molar-refractivity contribution in [1.29, 1.82) is 0 Å². The molecule has 0 radical (unpaired) electrons. The van der Waals surface area contributed by atoms with Crippen molar-refractivity contribution >= 4 is 12.1 Å². The number of hydrogen-bond acceptors (Lipinski definition) is 5. The van der Waals surface area contributed by atoms with E-state index >= 15 is 0 Å². The van der Waals surface area contributed by atoms with Gasteiger partial charge in [-0.05, 0) is 27.2 Å². The zero-order chi connectivity index (χ0) is 13.9. The predicted octanol–water partition coefficient (Wildman–Crippen LogP) is 0.920. The van der Waals surface area contributed by atoms with Crippen LogP contribution in [0.4, 0.5) is 4.79 Å². The minimum atomic E-state index is -0.618. The van der Waals surface area contributed by atoms with Crippen LogP contribution >= 0.6 is 0 Å². The Labute approximate surface area is 107 Å². The quantitative estimate of drug-likeness (QED) is 0.746. The summed E-state index contributed by atoms with van der Waals surface area (Å²) in [5.74, 6) is -0.400. The van der Waals surface area contributed by atoms with Gasteiger partial charge in [0, 0.05) is 6.04 Å². The van der Waals surface area contributed by atoms with Gasteiger partial charge in [0.25, 0.3) is 0 Å². The van der Waals surface area contributed by atoms with Crippen molar-refractivity contribution in [2.45, 2.75) is 51.4 Å². The predicted molar refractivity (Wildman–Crippen MR) is 64.0 cm³/mol. The van der Waals surface area contributed by atoms with Gasteiger partial charge in [-0.25, -0.2) is 4.79 Å². The molecule has 1 rings (SSSR count). The highest BCUT2D eigenvalue weighted by molar-refractivity contribution is 5.73. The molecular weight excluding hydrogens is 238 g/mol. The van der Waals surface area contributed by atoms with Crippen molar-refractivity contribution in [3.63, 3.8) is 0 Å². The van der Waals surface area contributed by atoms with Crippen LogP contribution in [0.15, 0.2) is 0 Å². The lowest BCUT2D eigenvalue weighted by molar-refractivity contribution is -0.141. The number of carbonyl (C=O) groups excluding carboxylic acids is 2. The van der Waals surface area contributed by atoms with E-state index in [-0.39, 0.29) is 19.0 Å². The second-order valence-electron chi connectivity index (χ2n) is 5.46. The molecule has 0 bridgehead atoms. The van der Waals surface area contributed by atoms with Crippen molar-refractivity contribution < 1.29 is 24.2 Å². The van der Waals surface area contributed by atoms with E-state index in [2.05, 4.69) is 4.74 Å². The molecule has 1 aliphatic rings. The number of likely N-dealkylation sites (tertiary alicyclic amines) is 1. The van der Waals surface area contributed by atoms with Gasteiger partial charge in [0.1, 0.15) is 5.60 Å². The molecule has 0 aromatic rings. The zero-order valence-electron chi connectivity index (χ0n) is 11.3. The van der Waals surface area contributed by atoms with Crippen LogP contribution in [0.3, 0.4) is 0 Å². The molecule has 0 aromatic carbocycles. The Morgan fingerprint density at radius 1 is 1.39 bits per heavy atom. The lowest BCUT2D eigenvalue weighted by atomic mass is 10.1. The molecule has 0 saturated carbocycles. The summed E-state index contributed by atoms with van der Waals surface area (Å²) in [6, 6.07) is -0.359. The van der Waals surface area contributed by atoms with Gasteiger partial charge in [0.15, 0.2) is 0 Å². The Kier molecular flexibility index (Phi) is 4.56. The fourth-order valence-electron chi connectivity index (χ4n) is 1.91. The van der Waals surface area contributed by atoms with E-state index in [0.717, 1.165) is 0 Å². The fourth-order valence-corrected chi connectivity index (χ4v) is 1.91. The second kappa shape index (κ2) is 5.56. The maximum absolute atomic E-state index is 11.9. The molecule has 104 valence electrons. The van der Waals surface area contributed by atoms with E-state index in [1.165, 1.54) is 12.0 Å². The van der Waals surface area contributed by atoms with Crippen LogP contribution in [0.1, 0.15) is 33.6 Å². The SMILES string of the molecule is COC(=O)C[C@@H]1C[C@@H](O)CN1C(=O)OC(C)(C)C. The summed E-state index contributed by atoms with van der Waals surface area (Å²) >= 11 is 0. The number of esters is 1. The summed E-state index contributed by atoms with van der Waals surface area (Å²) in [5.41, 5.74) is -0.597. The Balaban J connectivity index is 2.66. The molecule has 1 N–H and O–H groups in total. The third-order valence-electron chi connectivity index (χ3n) is 2.65. The normalized spacial score (nSPS) is 23.9. The highest BCUT2D eigenvalue weighted by atomic mass is 16.6. The molecule has 0 unspecified atom stereocenters. The van der Waals surface area contributed by atoms with Gasteiger partial charge in [-0.15, -0.1) is 0 Å². The molecule has 1 saturated heterocycles. The first-order valence-corrected chi connectivity index (χ1v) is 5.97. The van der Waals surface area contributed by atoms with Crippen LogP contribution < -0.4 is 0 Å². The minimum Gasteiger partial charge on any atom is -0.469 e. The molecule has 0 aliphatic carbocycles. The van der Waals surface area contributed by atoms with E-state index in [1.807, 2.05) is 0 Å². The Bertz CT molecular complexity index is 323. The van der Waals surface area contributed by atoms with Gasteiger partial charge in [0.05, 0.1) is 26.2 Å². The molecule has 6 heteroatoms. The summed E-state index contributed by atoms with van der Waals surface area (Å²) < 4.78 is 9.82. The van der Waals surface area contributed by atoms with E-state index in [9.17, 15) is 14.7 Å². The van der Waals surface area contributed by atoms with Crippen molar-refractivity contribution in [3.8, 4) is 0 Å². The summed E-state index contributed by atoms with van der Waals surface area (Å²) in [5, 5.41) is 9.60. The van der Waals surface area contributed by atoms with Gasteiger partial charge in [0.2, 0.25) is 0 Å². The first-order valence-electron chi connectivity index (χ1n) is 5.97. The topological polar surface area (TPSA) is 76.1 Å². The van der Waals surface area contributed by atoms with Crippen LogP contribution in [0.2, 0.25) is 0 Å². The summed E-state index contributed by atoms with van der Waals surface area (Å²) in [6.07, 6.45) is -0.679. The molecule has 6 nitrogen and oxygen atoms in total. The number of rotatable bonds is 2. The lowest BCUT2D eigenvalue weighted by Crippen LogP contribution is -2.41. The first kappa shape index (κ1) is 14.8. The van der Waals surface area contributed by atoms with Gasteiger partial charge < -0.3 is 19.5 Å². The van der Waals surface area contributed by atoms with E-state index in [4.69, 9.17) is 4.74 Å². The van der Waals surface area contributed by atoms with Crippen LogP contribution in [0.25, 0.3) is 0 Å². The van der Waals surface area contributed by atoms with Crippen LogP contribution in [0, 0.1) is 0 Å². The van der Waals surface area contributed by atoms with Gasteiger partial charge in [-0.1, -0.05) is 0 Å². The molecule has 18 heavy (non-hydrogen) atoms. The number of nitrogens with zero attached hydrogens (tertiary/aromatic N) is 1. The molecule has 1 heterocycles. The highest BCUT2D eigenvalue weighted by Gasteiger charge is 2.37. The maximum atomic E-state index is 11.9. The zero-order valence-corrected chi connectivity index (χ0v) is 11.3. The number of β-amino-alcohol motifs (C(OH)–C–C–N with tert-alkyl or cyclic N) is 1. The van der Waals surface area contributed by atoms with Crippen molar-refractivity contribution in [1.82, 2.24) is 4.90 Å². The maximum Gasteiger partial charge on any atom is 0.410 e. The van der Waals surface area contributed by atoms with Gasteiger partial charge in [-0.3, -0.25) is 4.79 Å². The average molecular weight is 259 g/mol. The molecule has 1 aliphatic heterocycles. The molecule has 0 spiro atoms. The first-order chi connectivity index (χ1) is 8.23. The summed E-state index contributed by atoms with van der Waals surface area (Å²) in [4.78, 5) is 24.6. The van der Waals surface area contributed by atoms with E-state index in [0.29, 0.717) is 6.42 Å². The molecular formula is C12H21NO5. The summed E-state index contributed by atoms with van der Waals surface area (Å²) in [7, 11) is 1.30. The smallest absolute Gasteiger partial charge is 0.410 e. The lowest BCUT2D eigenvalue weighted by Gasteiger charge is -2.27.